The van der Waals surface area contributed by atoms with Gasteiger partial charge >= 0.3 is 0 Å². The summed E-state index contributed by atoms with van der Waals surface area (Å²) in [4.78, 5) is 7.41. The van der Waals surface area contributed by atoms with E-state index in [1.54, 1.807) is 6.07 Å². The van der Waals surface area contributed by atoms with Crippen molar-refractivity contribution in [1.29, 1.82) is 0 Å². The summed E-state index contributed by atoms with van der Waals surface area (Å²) in [6.45, 7) is 4.16. The monoisotopic (exact) mass is 418 g/mol. The molecule has 0 radical (unpaired) electrons. The second-order valence-corrected chi connectivity index (χ2v) is 8.23. The second kappa shape index (κ2) is 7.46. The van der Waals surface area contributed by atoms with E-state index in [2.05, 4.69) is 48.3 Å². The van der Waals surface area contributed by atoms with E-state index in [0.717, 1.165) is 36.3 Å². The molecular formula is C25H23ClN2O2. The first kappa shape index (κ1) is 19.2. The van der Waals surface area contributed by atoms with Crippen molar-refractivity contribution in [3.05, 3.63) is 64.7 Å². The minimum absolute atomic E-state index is 0.0277. The van der Waals surface area contributed by atoms with Crippen LogP contribution in [0.2, 0.25) is 5.02 Å². The smallest absolute Gasteiger partial charge is 0.176 e. The van der Waals surface area contributed by atoms with Gasteiger partial charge in [0.2, 0.25) is 0 Å². The predicted octanol–water partition coefficient (Wildman–Crippen LogP) is 5.80. The van der Waals surface area contributed by atoms with Crippen LogP contribution in [0.4, 0.5) is 0 Å². The van der Waals surface area contributed by atoms with Gasteiger partial charge in [-0.1, -0.05) is 41.9 Å². The van der Waals surface area contributed by atoms with Crippen LogP contribution in [-0.2, 0) is 13.0 Å². The molecule has 0 atom stereocenters. The van der Waals surface area contributed by atoms with E-state index in [1.165, 1.54) is 27.3 Å². The van der Waals surface area contributed by atoms with Crippen LogP contribution in [0.1, 0.15) is 18.1 Å². The summed E-state index contributed by atoms with van der Waals surface area (Å²) in [5.74, 6) is 0.360. The number of halogens is 1. The Labute approximate surface area is 180 Å². The fourth-order valence-corrected chi connectivity index (χ4v) is 4.68. The predicted molar refractivity (Wildman–Crippen MR) is 123 cm³/mol. The summed E-state index contributed by atoms with van der Waals surface area (Å²) in [5.41, 5.74) is 5.32. The van der Waals surface area contributed by atoms with Crippen LogP contribution in [0.15, 0.2) is 48.5 Å². The maximum absolute atomic E-state index is 10.3. The molecule has 0 aliphatic carbocycles. The third kappa shape index (κ3) is 3.08. The highest BCUT2D eigenvalue weighted by Crippen LogP contribution is 2.42. The topological polar surface area (TPSA) is 45.6 Å². The van der Waals surface area contributed by atoms with Crippen LogP contribution in [0.3, 0.4) is 0 Å². The number of likely N-dealkylation sites (N-methyl/N-ethyl adjacent to an activating group) is 1. The zero-order valence-electron chi connectivity index (χ0n) is 17.1. The average Bonchev–Trinajstić information content (AvgIpc) is 2.76. The Hall–Kier alpha value is -2.82. The summed E-state index contributed by atoms with van der Waals surface area (Å²) >= 11 is 6.34. The van der Waals surface area contributed by atoms with Gasteiger partial charge < -0.3 is 14.7 Å². The molecule has 1 aliphatic heterocycles. The molecule has 0 saturated carbocycles. The molecule has 0 bridgehead atoms. The third-order valence-corrected chi connectivity index (χ3v) is 6.15. The molecule has 152 valence electrons. The summed E-state index contributed by atoms with van der Waals surface area (Å²) in [6.07, 6.45) is 0.968. The van der Waals surface area contributed by atoms with Crippen molar-refractivity contribution in [3.63, 3.8) is 0 Å². The minimum Gasteiger partial charge on any atom is -0.503 e. The maximum Gasteiger partial charge on any atom is 0.176 e. The Balaban J connectivity index is 1.84. The lowest BCUT2D eigenvalue weighted by Gasteiger charge is -2.28. The van der Waals surface area contributed by atoms with Gasteiger partial charge in [-0.25, -0.2) is 4.98 Å². The number of hydrogen-bond acceptors (Lipinski definition) is 4. The molecule has 0 spiro atoms. The van der Waals surface area contributed by atoms with E-state index in [1.807, 2.05) is 13.0 Å². The zero-order chi connectivity index (χ0) is 20.8. The van der Waals surface area contributed by atoms with Gasteiger partial charge in [-0.05, 0) is 60.5 Å². The van der Waals surface area contributed by atoms with Crippen molar-refractivity contribution in [2.24, 2.45) is 0 Å². The Morgan fingerprint density at radius 3 is 2.80 bits per heavy atom. The number of pyridine rings is 1. The summed E-state index contributed by atoms with van der Waals surface area (Å²) in [5, 5.41) is 14.3. The van der Waals surface area contributed by atoms with Crippen LogP contribution >= 0.6 is 11.6 Å². The maximum atomic E-state index is 10.3. The molecule has 4 nitrogen and oxygen atoms in total. The first-order valence-corrected chi connectivity index (χ1v) is 10.6. The Morgan fingerprint density at radius 2 is 1.97 bits per heavy atom. The molecule has 1 N–H and O–H groups in total. The highest BCUT2D eigenvalue weighted by atomic mass is 35.5. The molecule has 0 saturated heterocycles. The van der Waals surface area contributed by atoms with Gasteiger partial charge in [0.05, 0.1) is 22.8 Å². The van der Waals surface area contributed by atoms with Crippen molar-refractivity contribution in [2.75, 3.05) is 20.2 Å². The third-order valence-electron chi connectivity index (χ3n) is 5.86. The van der Waals surface area contributed by atoms with Crippen LogP contribution in [0.25, 0.3) is 32.9 Å². The molecule has 0 amide bonds. The minimum atomic E-state index is -0.0277. The lowest BCUT2D eigenvalue weighted by atomic mass is 9.89. The van der Waals surface area contributed by atoms with Crippen LogP contribution in [0, 0.1) is 0 Å². The lowest BCUT2D eigenvalue weighted by molar-refractivity contribution is 0.314. The quantitative estimate of drug-likeness (QED) is 0.427. The van der Waals surface area contributed by atoms with Crippen molar-refractivity contribution < 1.29 is 9.84 Å². The molecule has 4 aromatic rings. The number of ether oxygens (including phenoxy) is 1. The highest BCUT2D eigenvalue weighted by Gasteiger charge is 2.24. The number of hydrogen-bond donors (Lipinski definition) is 1. The number of rotatable bonds is 3. The van der Waals surface area contributed by atoms with Crippen molar-refractivity contribution in [1.82, 2.24) is 9.88 Å². The normalized spacial score (nSPS) is 14.2. The SMILES string of the molecule is CCOc1cc(-c2nc3ccc4ccccc4c3c3c2CN(C)CC3)cc(Cl)c1O. The average molecular weight is 419 g/mol. The van der Waals surface area contributed by atoms with Gasteiger partial charge in [0, 0.05) is 24.0 Å². The number of aromatic nitrogens is 1. The molecule has 0 unspecified atom stereocenters. The lowest BCUT2D eigenvalue weighted by Crippen LogP contribution is -2.27. The molecule has 2 heterocycles. The Morgan fingerprint density at radius 1 is 1.13 bits per heavy atom. The molecule has 5 rings (SSSR count). The molecule has 30 heavy (non-hydrogen) atoms. The van der Waals surface area contributed by atoms with Crippen molar-refractivity contribution in [2.45, 2.75) is 19.9 Å². The van der Waals surface area contributed by atoms with Crippen LogP contribution in [-0.4, -0.2) is 35.2 Å². The molecule has 5 heteroatoms. The standard InChI is InChI=1S/C25H23ClN2O2/c1-3-30-22-13-16(12-20(26)25(22)29)24-19-14-28(2)11-10-18(19)23-17-7-5-4-6-15(17)8-9-21(23)27-24/h4-9,12-13,29H,3,10-11,14H2,1-2H3. The molecule has 1 aliphatic rings. The fraction of sp³-hybridized carbons (Fsp3) is 0.240. The van der Waals surface area contributed by atoms with Crippen LogP contribution < -0.4 is 4.74 Å². The van der Waals surface area contributed by atoms with E-state index >= 15 is 0 Å². The van der Waals surface area contributed by atoms with Gasteiger partial charge in [-0.2, -0.15) is 0 Å². The summed E-state index contributed by atoms with van der Waals surface area (Å²) in [7, 11) is 2.13. The number of nitrogens with zero attached hydrogens (tertiary/aromatic N) is 2. The summed E-state index contributed by atoms with van der Waals surface area (Å²) in [6, 6.07) is 16.4. The van der Waals surface area contributed by atoms with Gasteiger partial charge in [0.1, 0.15) is 0 Å². The molecular weight excluding hydrogens is 396 g/mol. The van der Waals surface area contributed by atoms with Crippen molar-refractivity contribution in [3.8, 4) is 22.8 Å². The number of phenolic OH excluding ortho intramolecular Hbond substituents is 1. The Kier molecular flexibility index (Phi) is 4.76. The molecule has 0 fully saturated rings. The Bertz CT molecular complexity index is 1290. The zero-order valence-corrected chi connectivity index (χ0v) is 17.8. The van der Waals surface area contributed by atoms with E-state index in [4.69, 9.17) is 21.3 Å². The van der Waals surface area contributed by atoms with Gasteiger partial charge in [-0.15, -0.1) is 0 Å². The number of fused-ring (bicyclic) bond motifs is 5. The largest absolute Gasteiger partial charge is 0.503 e. The van der Waals surface area contributed by atoms with E-state index in [0.29, 0.717) is 12.4 Å². The summed E-state index contributed by atoms with van der Waals surface area (Å²) < 4.78 is 5.62. The first-order chi connectivity index (χ1) is 14.6. The number of aromatic hydroxyl groups is 1. The van der Waals surface area contributed by atoms with Crippen LogP contribution in [0.5, 0.6) is 11.5 Å². The van der Waals surface area contributed by atoms with Gasteiger partial charge in [0.25, 0.3) is 0 Å². The highest BCUT2D eigenvalue weighted by molar-refractivity contribution is 6.32. The molecule has 3 aromatic carbocycles. The first-order valence-electron chi connectivity index (χ1n) is 10.2. The van der Waals surface area contributed by atoms with Crippen molar-refractivity contribution >= 4 is 33.3 Å². The fourth-order valence-electron chi connectivity index (χ4n) is 4.46. The molecule has 1 aromatic heterocycles. The van der Waals surface area contributed by atoms with E-state index < -0.39 is 0 Å². The second-order valence-electron chi connectivity index (χ2n) is 7.82. The van der Waals surface area contributed by atoms with Gasteiger partial charge in [-0.3, -0.25) is 0 Å². The number of benzene rings is 3. The van der Waals surface area contributed by atoms with Gasteiger partial charge in [0.15, 0.2) is 11.5 Å². The van der Waals surface area contributed by atoms with E-state index in [-0.39, 0.29) is 10.8 Å². The number of phenols is 1. The van der Waals surface area contributed by atoms with E-state index in [9.17, 15) is 5.11 Å².